The molecule has 2 aromatic rings. The molecule has 7 nitrogen and oxygen atoms in total. The molecule has 0 aromatic carbocycles. The van der Waals surface area contributed by atoms with Crippen molar-refractivity contribution in [1.82, 2.24) is 9.97 Å². The van der Waals surface area contributed by atoms with Crippen molar-refractivity contribution in [2.45, 2.75) is 5.92 Å². The van der Waals surface area contributed by atoms with Crippen LogP contribution in [0, 0.1) is 22.0 Å². The third kappa shape index (κ3) is 1.76. The number of hydrogen-bond donors (Lipinski definition) is 3. The number of amides is 1. The van der Waals surface area contributed by atoms with Gasteiger partial charge >= 0.3 is 0 Å². The molecule has 0 radical (unpaired) electrons. The second kappa shape index (κ2) is 4.47. The standard InChI is InChI=1S/C12H8N4O3S/c13-4-5-7(6-2-1-3-19-6)8-9(14-10(5)17)15-12(20)16-11(8)18/h1-3,5,7H,(H3,14,15,16,17,18,20)/t5-,7+/m1/s1. The molecule has 0 fully saturated rings. The Kier molecular flexibility index (Phi) is 2.76. The second-order valence-corrected chi connectivity index (χ2v) is 4.69. The molecule has 2 aromatic heterocycles. The molecule has 0 spiro atoms. The van der Waals surface area contributed by atoms with Crippen molar-refractivity contribution >= 4 is 23.9 Å². The number of carbonyl (C=O) groups excluding carboxylic acids is 1. The Morgan fingerprint density at radius 2 is 2.15 bits per heavy atom. The van der Waals surface area contributed by atoms with Gasteiger partial charge in [0.05, 0.1) is 23.8 Å². The molecular weight excluding hydrogens is 280 g/mol. The van der Waals surface area contributed by atoms with E-state index in [4.69, 9.17) is 16.6 Å². The van der Waals surface area contributed by atoms with Crippen molar-refractivity contribution in [3.8, 4) is 6.07 Å². The molecule has 3 rings (SSSR count). The van der Waals surface area contributed by atoms with E-state index in [1.165, 1.54) is 6.26 Å². The number of nitrogens with zero attached hydrogens (tertiary/aromatic N) is 1. The average molecular weight is 288 g/mol. The number of carbonyl (C=O) groups is 1. The summed E-state index contributed by atoms with van der Waals surface area (Å²) in [5.41, 5.74) is -0.217. The fraction of sp³-hybridized carbons (Fsp3) is 0.167. The van der Waals surface area contributed by atoms with E-state index < -0.39 is 23.3 Å². The lowest BCUT2D eigenvalue weighted by Gasteiger charge is -2.26. The van der Waals surface area contributed by atoms with Crippen molar-refractivity contribution in [3.05, 3.63) is 44.8 Å². The van der Waals surface area contributed by atoms with Gasteiger partial charge in [-0.1, -0.05) is 0 Å². The van der Waals surface area contributed by atoms with Crippen LogP contribution in [0.15, 0.2) is 27.6 Å². The molecule has 1 aliphatic rings. The lowest BCUT2D eigenvalue weighted by atomic mass is 9.82. The van der Waals surface area contributed by atoms with Gasteiger partial charge in [0.25, 0.3) is 5.56 Å². The third-order valence-corrected chi connectivity index (χ3v) is 3.35. The molecule has 0 aliphatic carbocycles. The number of hydrogen-bond acceptors (Lipinski definition) is 5. The predicted octanol–water partition coefficient (Wildman–Crippen LogP) is 1.25. The van der Waals surface area contributed by atoms with Crippen molar-refractivity contribution in [2.75, 3.05) is 5.32 Å². The van der Waals surface area contributed by atoms with E-state index in [-0.39, 0.29) is 16.2 Å². The van der Waals surface area contributed by atoms with Crippen LogP contribution in [0.3, 0.4) is 0 Å². The molecule has 20 heavy (non-hydrogen) atoms. The van der Waals surface area contributed by atoms with Gasteiger partial charge in [0.1, 0.15) is 17.5 Å². The van der Waals surface area contributed by atoms with Crippen LogP contribution >= 0.6 is 12.2 Å². The smallest absolute Gasteiger partial charge is 0.257 e. The molecule has 0 bridgehead atoms. The fourth-order valence-corrected chi connectivity index (χ4v) is 2.51. The van der Waals surface area contributed by atoms with Gasteiger partial charge in [-0.3, -0.25) is 14.6 Å². The predicted molar refractivity (Wildman–Crippen MR) is 70.5 cm³/mol. The quantitative estimate of drug-likeness (QED) is 0.683. The molecule has 1 aliphatic heterocycles. The van der Waals surface area contributed by atoms with E-state index in [0.717, 1.165) is 0 Å². The number of aromatic amines is 2. The van der Waals surface area contributed by atoms with Crippen LogP contribution in [-0.2, 0) is 4.79 Å². The minimum atomic E-state index is -1.04. The van der Waals surface area contributed by atoms with E-state index >= 15 is 0 Å². The van der Waals surface area contributed by atoms with Gasteiger partial charge < -0.3 is 14.7 Å². The first-order valence-corrected chi connectivity index (χ1v) is 6.13. The summed E-state index contributed by atoms with van der Waals surface area (Å²) in [6.45, 7) is 0. The zero-order valence-corrected chi connectivity index (χ0v) is 10.8. The number of anilines is 1. The highest BCUT2D eigenvalue weighted by Crippen LogP contribution is 2.37. The molecule has 0 unspecified atom stereocenters. The van der Waals surface area contributed by atoms with Crippen LogP contribution in [0.4, 0.5) is 5.82 Å². The second-order valence-electron chi connectivity index (χ2n) is 4.29. The van der Waals surface area contributed by atoms with Gasteiger partial charge in [0, 0.05) is 0 Å². The van der Waals surface area contributed by atoms with Gasteiger partial charge in [0.2, 0.25) is 5.91 Å². The Bertz CT molecular complexity index is 828. The zero-order chi connectivity index (χ0) is 14.3. The Balaban J connectivity index is 2.31. The summed E-state index contributed by atoms with van der Waals surface area (Å²) < 4.78 is 5.37. The maximum absolute atomic E-state index is 12.1. The first-order chi connectivity index (χ1) is 9.61. The molecular formula is C12H8N4O3S. The van der Waals surface area contributed by atoms with E-state index in [1.807, 2.05) is 6.07 Å². The summed E-state index contributed by atoms with van der Waals surface area (Å²) >= 11 is 4.87. The first-order valence-electron chi connectivity index (χ1n) is 5.72. The number of furan rings is 1. The van der Waals surface area contributed by atoms with Crippen molar-refractivity contribution in [2.24, 2.45) is 5.92 Å². The Morgan fingerprint density at radius 3 is 2.80 bits per heavy atom. The van der Waals surface area contributed by atoms with Crippen LogP contribution in [0.2, 0.25) is 0 Å². The van der Waals surface area contributed by atoms with Gasteiger partial charge in [-0.15, -0.1) is 0 Å². The summed E-state index contributed by atoms with van der Waals surface area (Å²) in [6, 6.07) is 5.17. The normalized spacial score (nSPS) is 20.9. The van der Waals surface area contributed by atoms with E-state index in [1.54, 1.807) is 12.1 Å². The minimum Gasteiger partial charge on any atom is -0.469 e. The first kappa shape index (κ1) is 12.4. The van der Waals surface area contributed by atoms with Crippen molar-refractivity contribution in [3.63, 3.8) is 0 Å². The van der Waals surface area contributed by atoms with Crippen LogP contribution in [0.25, 0.3) is 0 Å². The summed E-state index contributed by atoms with van der Waals surface area (Å²) in [5, 5.41) is 11.7. The van der Waals surface area contributed by atoms with Crippen LogP contribution in [-0.4, -0.2) is 15.9 Å². The lowest BCUT2D eigenvalue weighted by molar-refractivity contribution is -0.119. The highest BCUT2D eigenvalue weighted by Gasteiger charge is 2.41. The van der Waals surface area contributed by atoms with Gasteiger partial charge in [-0.2, -0.15) is 5.26 Å². The third-order valence-electron chi connectivity index (χ3n) is 3.14. The topological polar surface area (TPSA) is 115 Å². The van der Waals surface area contributed by atoms with E-state index in [2.05, 4.69) is 15.3 Å². The van der Waals surface area contributed by atoms with Crippen molar-refractivity contribution < 1.29 is 9.21 Å². The zero-order valence-electron chi connectivity index (χ0n) is 9.97. The summed E-state index contributed by atoms with van der Waals surface area (Å²) in [5.74, 6) is -1.73. The van der Waals surface area contributed by atoms with Crippen LogP contribution < -0.4 is 10.9 Å². The van der Waals surface area contributed by atoms with Crippen molar-refractivity contribution in [1.29, 1.82) is 5.26 Å². The Hall–Kier alpha value is -2.66. The number of H-pyrrole nitrogens is 2. The number of rotatable bonds is 1. The molecule has 8 heteroatoms. The summed E-state index contributed by atoms with van der Waals surface area (Å²) in [6.07, 6.45) is 1.43. The minimum absolute atomic E-state index is 0.0997. The highest BCUT2D eigenvalue weighted by molar-refractivity contribution is 7.71. The lowest BCUT2D eigenvalue weighted by Crippen LogP contribution is -2.38. The largest absolute Gasteiger partial charge is 0.469 e. The molecule has 3 heterocycles. The van der Waals surface area contributed by atoms with Gasteiger partial charge in [-0.25, -0.2) is 0 Å². The van der Waals surface area contributed by atoms with Gasteiger partial charge in [0.15, 0.2) is 4.77 Å². The number of aromatic nitrogens is 2. The Morgan fingerprint density at radius 1 is 1.35 bits per heavy atom. The van der Waals surface area contributed by atoms with Crippen LogP contribution in [0.1, 0.15) is 17.2 Å². The molecule has 3 N–H and O–H groups in total. The molecule has 100 valence electrons. The van der Waals surface area contributed by atoms with Gasteiger partial charge in [-0.05, 0) is 24.4 Å². The molecule has 0 saturated carbocycles. The maximum Gasteiger partial charge on any atom is 0.257 e. The number of fused-ring (bicyclic) bond motifs is 1. The van der Waals surface area contributed by atoms with E-state index in [0.29, 0.717) is 5.76 Å². The number of nitrogens with one attached hydrogen (secondary N) is 3. The van der Waals surface area contributed by atoms with Crippen LogP contribution in [0.5, 0.6) is 0 Å². The summed E-state index contributed by atoms with van der Waals surface area (Å²) in [4.78, 5) is 29.3. The molecule has 2 atom stereocenters. The highest BCUT2D eigenvalue weighted by atomic mass is 32.1. The monoisotopic (exact) mass is 288 g/mol. The fourth-order valence-electron chi connectivity index (χ4n) is 2.32. The average Bonchev–Trinajstić information content (AvgIpc) is 2.90. The Labute approximate surface area is 117 Å². The molecule has 0 saturated heterocycles. The SMILES string of the molecule is N#C[C@H]1C(=O)Nc2[nH]c(=S)[nH]c(=O)c2[C@@H]1c1ccco1. The number of nitriles is 1. The molecule has 1 amide bonds. The summed E-state index contributed by atoms with van der Waals surface area (Å²) in [7, 11) is 0. The van der Waals surface area contributed by atoms with E-state index in [9.17, 15) is 14.9 Å². The maximum atomic E-state index is 12.1.